The summed E-state index contributed by atoms with van der Waals surface area (Å²) < 4.78 is 0. The number of aromatic carboxylic acids is 1. The molecule has 1 aromatic carbocycles. The first-order chi connectivity index (χ1) is 9.99. The number of carboxylic acid groups (broad SMARTS) is 1. The van der Waals surface area contributed by atoms with Crippen molar-refractivity contribution in [2.45, 2.75) is 38.3 Å². The van der Waals surface area contributed by atoms with Gasteiger partial charge in [0.2, 0.25) is 0 Å². The number of urea groups is 1. The summed E-state index contributed by atoms with van der Waals surface area (Å²) in [6.45, 7) is 0.482. The summed E-state index contributed by atoms with van der Waals surface area (Å²) in [7, 11) is 3.64. The highest BCUT2D eigenvalue weighted by molar-refractivity contribution is 5.87. The third-order valence-electron chi connectivity index (χ3n) is 4.12. The summed E-state index contributed by atoms with van der Waals surface area (Å²) in [5, 5.41) is 8.87. The van der Waals surface area contributed by atoms with Gasteiger partial charge in [0, 0.05) is 26.7 Å². The minimum Gasteiger partial charge on any atom is -0.478 e. The van der Waals surface area contributed by atoms with Crippen molar-refractivity contribution < 1.29 is 14.7 Å². The molecule has 1 saturated carbocycles. The van der Waals surface area contributed by atoms with E-state index in [4.69, 9.17) is 5.11 Å². The predicted molar refractivity (Wildman–Crippen MR) is 80.3 cm³/mol. The Morgan fingerprint density at radius 2 is 1.71 bits per heavy atom. The van der Waals surface area contributed by atoms with Crippen molar-refractivity contribution in [1.82, 2.24) is 9.80 Å². The van der Waals surface area contributed by atoms with E-state index in [1.165, 1.54) is 12.8 Å². The van der Waals surface area contributed by atoms with E-state index in [9.17, 15) is 9.59 Å². The largest absolute Gasteiger partial charge is 0.478 e. The molecule has 1 N–H and O–H groups in total. The zero-order valence-electron chi connectivity index (χ0n) is 12.6. The van der Waals surface area contributed by atoms with E-state index in [1.54, 1.807) is 36.2 Å². The predicted octanol–water partition coefficient (Wildman–Crippen LogP) is 2.81. The molecule has 5 heteroatoms. The highest BCUT2D eigenvalue weighted by Crippen LogP contribution is 2.23. The lowest BCUT2D eigenvalue weighted by molar-refractivity contribution is 0.0696. The molecule has 0 saturated heterocycles. The third kappa shape index (κ3) is 3.74. The summed E-state index contributed by atoms with van der Waals surface area (Å²) in [4.78, 5) is 26.7. The van der Waals surface area contributed by atoms with Crippen molar-refractivity contribution in [2.24, 2.45) is 0 Å². The van der Waals surface area contributed by atoms with Gasteiger partial charge in [-0.15, -0.1) is 0 Å². The molecule has 0 aromatic heterocycles. The number of nitrogens with zero attached hydrogens (tertiary/aromatic N) is 2. The maximum Gasteiger partial charge on any atom is 0.335 e. The second kappa shape index (κ2) is 6.61. The Balaban J connectivity index is 1.94. The Hall–Kier alpha value is -2.04. The van der Waals surface area contributed by atoms with Crippen molar-refractivity contribution >= 4 is 12.0 Å². The number of hydrogen-bond acceptors (Lipinski definition) is 2. The molecule has 0 unspecified atom stereocenters. The molecule has 0 spiro atoms. The zero-order valence-corrected chi connectivity index (χ0v) is 12.6. The molecule has 1 aliphatic rings. The lowest BCUT2D eigenvalue weighted by Crippen LogP contribution is -2.43. The first-order valence-corrected chi connectivity index (χ1v) is 7.29. The van der Waals surface area contributed by atoms with Gasteiger partial charge >= 0.3 is 12.0 Å². The van der Waals surface area contributed by atoms with E-state index in [0.717, 1.165) is 18.4 Å². The highest BCUT2D eigenvalue weighted by Gasteiger charge is 2.25. The average Bonchev–Trinajstić information content (AvgIpc) is 3.00. The Kier molecular flexibility index (Phi) is 4.83. The van der Waals surface area contributed by atoms with E-state index >= 15 is 0 Å². The minimum absolute atomic E-state index is 0.0178. The van der Waals surface area contributed by atoms with Crippen molar-refractivity contribution in [1.29, 1.82) is 0 Å². The fourth-order valence-electron chi connectivity index (χ4n) is 2.81. The van der Waals surface area contributed by atoms with Crippen LogP contribution in [0, 0.1) is 0 Å². The zero-order chi connectivity index (χ0) is 15.4. The Morgan fingerprint density at radius 3 is 2.24 bits per heavy atom. The monoisotopic (exact) mass is 290 g/mol. The van der Waals surface area contributed by atoms with Crippen LogP contribution in [0.25, 0.3) is 0 Å². The summed E-state index contributed by atoms with van der Waals surface area (Å²) in [6.07, 6.45) is 4.57. The molecular formula is C16H22N2O3. The summed E-state index contributed by atoms with van der Waals surface area (Å²) in [6, 6.07) is 7.01. The summed E-state index contributed by atoms with van der Waals surface area (Å²) >= 11 is 0. The topological polar surface area (TPSA) is 60.9 Å². The van der Waals surface area contributed by atoms with Gasteiger partial charge in [0.15, 0.2) is 0 Å². The Bertz CT molecular complexity index is 507. The van der Waals surface area contributed by atoms with Crippen molar-refractivity contribution in [3.05, 3.63) is 35.4 Å². The highest BCUT2D eigenvalue weighted by atomic mass is 16.4. The average molecular weight is 290 g/mol. The van der Waals surface area contributed by atoms with Crippen LogP contribution in [0.1, 0.15) is 41.6 Å². The quantitative estimate of drug-likeness (QED) is 0.927. The number of carbonyl (C=O) groups is 2. The van der Waals surface area contributed by atoms with Crippen molar-refractivity contribution in [3.8, 4) is 0 Å². The van der Waals surface area contributed by atoms with Gasteiger partial charge in [-0.3, -0.25) is 0 Å². The molecule has 0 aliphatic heterocycles. The van der Waals surface area contributed by atoms with E-state index < -0.39 is 5.97 Å². The maximum absolute atomic E-state index is 12.4. The van der Waals surface area contributed by atoms with E-state index in [2.05, 4.69) is 0 Å². The second-order valence-electron chi connectivity index (χ2n) is 5.69. The molecule has 21 heavy (non-hydrogen) atoms. The molecule has 0 heterocycles. The van der Waals surface area contributed by atoms with Gasteiger partial charge in [-0.2, -0.15) is 0 Å². The molecule has 5 nitrogen and oxygen atoms in total. The number of benzene rings is 1. The smallest absolute Gasteiger partial charge is 0.335 e. The minimum atomic E-state index is -0.938. The number of amides is 2. The number of rotatable bonds is 4. The van der Waals surface area contributed by atoms with Gasteiger partial charge in [-0.05, 0) is 30.5 Å². The van der Waals surface area contributed by atoms with Crippen LogP contribution in [0.5, 0.6) is 0 Å². The molecule has 114 valence electrons. The van der Waals surface area contributed by atoms with Crippen LogP contribution in [-0.2, 0) is 6.54 Å². The van der Waals surface area contributed by atoms with Crippen LogP contribution in [0.3, 0.4) is 0 Å². The van der Waals surface area contributed by atoms with E-state index in [-0.39, 0.29) is 11.6 Å². The number of carbonyl (C=O) groups excluding carboxylic acids is 1. The van der Waals surface area contributed by atoms with E-state index in [0.29, 0.717) is 12.6 Å². The SMILES string of the molecule is CN(Cc1ccc(C(=O)O)cc1)C(=O)N(C)C1CCCC1. The second-order valence-corrected chi connectivity index (χ2v) is 5.69. The standard InChI is InChI=1S/C16H22N2O3/c1-17(16(21)18(2)14-5-3-4-6-14)11-12-7-9-13(10-8-12)15(19)20/h7-10,14H,3-6,11H2,1-2H3,(H,19,20). The molecule has 1 aliphatic carbocycles. The van der Waals surface area contributed by atoms with Gasteiger partial charge in [-0.1, -0.05) is 25.0 Å². The van der Waals surface area contributed by atoms with Crippen LogP contribution in [0.15, 0.2) is 24.3 Å². The van der Waals surface area contributed by atoms with Gasteiger partial charge in [0.25, 0.3) is 0 Å². The van der Waals surface area contributed by atoms with Crippen LogP contribution in [0.4, 0.5) is 4.79 Å². The Labute approximate surface area is 125 Å². The number of carboxylic acids is 1. The lowest BCUT2D eigenvalue weighted by Gasteiger charge is -2.29. The lowest BCUT2D eigenvalue weighted by atomic mass is 10.1. The molecule has 2 amide bonds. The van der Waals surface area contributed by atoms with Crippen molar-refractivity contribution in [2.75, 3.05) is 14.1 Å². The van der Waals surface area contributed by atoms with Crippen LogP contribution in [-0.4, -0.2) is 47.0 Å². The van der Waals surface area contributed by atoms with Crippen LogP contribution < -0.4 is 0 Å². The molecule has 2 rings (SSSR count). The summed E-state index contributed by atoms with van der Waals surface area (Å²) in [5.41, 5.74) is 1.19. The van der Waals surface area contributed by atoms with Gasteiger partial charge in [0.05, 0.1) is 5.56 Å². The fourth-order valence-corrected chi connectivity index (χ4v) is 2.81. The number of hydrogen-bond donors (Lipinski definition) is 1. The third-order valence-corrected chi connectivity index (χ3v) is 4.12. The van der Waals surface area contributed by atoms with Gasteiger partial charge < -0.3 is 14.9 Å². The molecule has 1 aromatic rings. The molecular weight excluding hydrogens is 268 g/mol. The van der Waals surface area contributed by atoms with Crippen LogP contribution >= 0.6 is 0 Å². The summed E-state index contributed by atoms with van der Waals surface area (Å²) in [5.74, 6) is -0.938. The molecule has 0 bridgehead atoms. The van der Waals surface area contributed by atoms with Gasteiger partial charge in [0.1, 0.15) is 0 Å². The van der Waals surface area contributed by atoms with Crippen LogP contribution in [0.2, 0.25) is 0 Å². The van der Waals surface area contributed by atoms with E-state index in [1.807, 2.05) is 11.9 Å². The first kappa shape index (κ1) is 15.4. The van der Waals surface area contributed by atoms with Crippen molar-refractivity contribution in [3.63, 3.8) is 0 Å². The maximum atomic E-state index is 12.4. The Morgan fingerprint density at radius 1 is 1.14 bits per heavy atom. The fraction of sp³-hybridized carbons (Fsp3) is 0.500. The normalized spacial score (nSPS) is 15.0. The molecule has 1 fully saturated rings. The van der Waals surface area contributed by atoms with Gasteiger partial charge in [-0.25, -0.2) is 9.59 Å². The molecule has 0 radical (unpaired) electrons. The molecule has 0 atom stereocenters. The first-order valence-electron chi connectivity index (χ1n) is 7.29.